The Hall–Kier alpha value is -2.50. The van der Waals surface area contributed by atoms with Crippen molar-refractivity contribution in [1.82, 2.24) is 4.98 Å². The fourth-order valence-electron chi connectivity index (χ4n) is 1.70. The first-order valence-electron chi connectivity index (χ1n) is 5.77. The fourth-order valence-corrected chi connectivity index (χ4v) is 1.70. The molecule has 0 saturated carbocycles. The van der Waals surface area contributed by atoms with Gasteiger partial charge in [0.15, 0.2) is 5.69 Å². The van der Waals surface area contributed by atoms with Crippen molar-refractivity contribution >= 4 is 11.5 Å². The van der Waals surface area contributed by atoms with Gasteiger partial charge in [-0.15, -0.1) is 0 Å². The third kappa shape index (κ3) is 2.85. The molecule has 1 N–H and O–H groups in total. The second-order valence-corrected chi connectivity index (χ2v) is 3.86. The molecule has 0 aliphatic rings. The molecule has 0 atom stereocenters. The lowest BCUT2D eigenvalue weighted by Crippen LogP contribution is -2.02. The molecule has 0 radical (unpaired) electrons. The number of aromatic nitrogens is 1. The number of pyridine rings is 1. The molecule has 0 bridgehead atoms. The highest BCUT2D eigenvalue weighted by Gasteiger charge is 2.17. The van der Waals surface area contributed by atoms with Crippen LogP contribution in [0.15, 0.2) is 36.4 Å². The molecule has 2 rings (SSSR count). The van der Waals surface area contributed by atoms with Gasteiger partial charge in [0.25, 0.3) is 5.69 Å². The zero-order chi connectivity index (χ0) is 13.8. The monoisotopic (exact) mass is 261 g/mol. The molecule has 1 heterocycles. The predicted octanol–water partition coefficient (Wildman–Crippen LogP) is 3.23. The highest BCUT2D eigenvalue weighted by molar-refractivity contribution is 5.71. The molecule has 98 valence electrons. The van der Waals surface area contributed by atoms with Crippen molar-refractivity contribution < 1.29 is 9.31 Å². The van der Waals surface area contributed by atoms with Gasteiger partial charge in [0.05, 0.1) is 4.92 Å². The predicted molar refractivity (Wildman–Crippen MR) is 70.4 cm³/mol. The molecule has 5 nitrogen and oxygen atoms in total. The maximum absolute atomic E-state index is 12.9. The van der Waals surface area contributed by atoms with Gasteiger partial charge >= 0.3 is 0 Å². The summed E-state index contributed by atoms with van der Waals surface area (Å²) < 4.78 is 12.9. The molecular formula is C13H12FN3O2. The van der Waals surface area contributed by atoms with E-state index in [1.54, 1.807) is 6.07 Å². The van der Waals surface area contributed by atoms with Crippen molar-refractivity contribution in [3.63, 3.8) is 0 Å². The van der Waals surface area contributed by atoms with Crippen molar-refractivity contribution in [3.05, 3.63) is 52.3 Å². The van der Waals surface area contributed by atoms with Gasteiger partial charge in [-0.05, 0) is 37.3 Å². The number of nitrogens with zero attached hydrogens (tertiary/aromatic N) is 2. The van der Waals surface area contributed by atoms with Gasteiger partial charge < -0.3 is 5.32 Å². The number of halogens is 1. The van der Waals surface area contributed by atoms with E-state index >= 15 is 0 Å². The Kier molecular flexibility index (Phi) is 3.70. The first-order chi connectivity index (χ1) is 9.11. The SMILES string of the molecule is CCNc1ccc([N+](=O)[O-])c(-c2ccc(F)cc2)n1. The van der Waals surface area contributed by atoms with Gasteiger partial charge in [0.2, 0.25) is 0 Å². The van der Waals surface area contributed by atoms with Crippen molar-refractivity contribution in [2.75, 3.05) is 11.9 Å². The van der Waals surface area contributed by atoms with Gasteiger partial charge in [0.1, 0.15) is 11.6 Å². The molecule has 0 aliphatic heterocycles. The van der Waals surface area contributed by atoms with Crippen LogP contribution in [0.25, 0.3) is 11.3 Å². The summed E-state index contributed by atoms with van der Waals surface area (Å²) in [6, 6.07) is 8.39. The number of hydrogen-bond donors (Lipinski definition) is 1. The van der Waals surface area contributed by atoms with E-state index in [1.807, 2.05) is 6.92 Å². The third-order valence-corrected chi connectivity index (χ3v) is 2.55. The average molecular weight is 261 g/mol. The minimum Gasteiger partial charge on any atom is -0.370 e. The van der Waals surface area contributed by atoms with E-state index in [1.165, 1.54) is 30.3 Å². The highest BCUT2D eigenvalue weighted by atomic mass is 19.1. The lowest BCUT2D eigenvalue weighted by Gasteiger charge is -2.06. The maximum atomic E-state index is 12.9. The lowest BCUT2D eigenvalue weighted by molar-refractivity contribution is -0.384. The van der Waals surface area contributed by atoms with Crippen LogP contribution >= 0.6 is 0 Å². The van der Waals surface area contributed by atoms with Gasteiger partial charge in [0, 0.05) is 18.2 Å². The van der Waals surface area contributed by atoms with Crippen molar-refractivity contribution in [3.8, 4) is 11.3 Å². The Bertz CT molecular complexity index is 599. The molecular weight excluding hydrogens is 249 g/mol. The topological polar surface area (TPSA) is 68.1 Å². The summed E-state index contributed by atoms with van der Waals surface area (Å²) >= 11 is 0. The summed E-state index contributed by atoms with van der Waals surface area (Å²) in [4.78, 5) is 14.7. The molecule has 0 saturated heterocycles. The summed E-state index contributed by atoms with van der Waals surface area (Å²) in [5.41, 5.74) is 0.629. The third-order valence-electron chi connectivity index (χ3n) is 2.55. The molecule has 19 heavy (non-hydrogen) atoms. The van der Waals surface area contributed by atoms with Crippen LogP contribution in [-0.4, -0.2) is 16.5 Å². The average Bonchev–Trinajstić information content (AvgIpc) is 2.39. The fraction of sp³-hybridized carbons (Fsp3) is 0.154. The number of hydrogen-bond acceptors (Lipinski definition) is 4. The van der Waals surface area contributed by atoms with E-state index < -0.39 is 10.7 Å². The van der Waals surface area contributed by atoms with Gasteiger partial charge in [-0.25, -0.2) is 9.37 Å². The van der Waals surface area contributed by atoms with Crippen LogP contribution in [0.2, 0.25) is 0 Å². The zero-order valence-corrected chi connectivity index (χ0v) is 10.3. The lowest BCUT2D eigenvalue weighted by atomic mass is 10.1. The van der Waals surface area contributed by atoms with Gasteiger partial charge in [-0.3, -0.25) is 10.1 Å². The van der Waals surface area contributed by atoms with Crippen molar-refractivity contribution in [2.24, 2.45) is 0 Å². The number of benzene rings is 1. The van der Waals surface area contributed by atoms with Crippen LogP contribution in [0.5, 0.6) is 0 Å². The van der Waals surface area contributed by atoms with E-state index in [-0.39, 0.29) is 11.4 Å². The molecule has 0 spiro atoms. The summed E-state index contributed by atoms with van der Waals surface area (Å²) in [5.74, 6) is 0.154. The Balaban J connectivity index is 2.54. The van der Waals surface area contributed by atoms with E-state index in [0.29, 0.717) is 17.9 Å². The van der Waals surface area contributed by atoms with Crippen LogP contribution in [0.3, 0.4) is 0 Å². The Morgan fingerprint density at radius 3 is 2.53 bits per heavy atom. The molecule has 0 amide bonds. The Labute approximate surface area is 109 Å². The summed E-state index contributed by atoms with van der Waals surface area (Å²) in [5, 5.41) is 14.0. The maximum Gasteiger partial charge on any atom is 0.295 e. The normalized spacial score (nSPS) is 10.2. The molecule has 1 aromatic heterocycles. The summed E-state index contributed by atoms with van der Waals surface area (Å²) in [6.07, 6.45) is 0. The summed E-state index contributed by atoms with van der Waals surface area (Å²) in [6.45, 7) is 2.56. The largest absolute Gasteiger partial charge is 0.370 e. The van der Waals surface area contributed by atoms with E-state index in [2.05, 4.69) is 10.3 Å². The van der Waals surface area contributed by atoms with Gasteiger partial charge in [-0.1, -0.05) is 0 Å². The Morgan fingerprint density at radius 1 is 1.26 bits per heavy atom. The first kappa shape index (κ1) is 12.9. The van der Waals surface area contributed by atoms with Crippen LogP contribution < -0.4 is 5.32 Å². The molecule has 0 unspecified atom stereocenters. The minimum absolute atomic E-state index is 0.103. The number of nitrogens with one attached hydrogen (secondary N) is 1. The van der Waals surface area contributed by atoms with E-state index in [0.717, 1.165) is 0 Å². The van der Waals surface area contributed by atoms with Crippen molar-refractivity contribution in [2.45, 2.75) is 6.92 Å². The molecule has 1 aromatic carbocycles. The van der Waals surface area contributed by atoms with E-state index in [9.17, 15) is 14.5 Å². The standard InChI is InChI=1S/C13H12FN3O2/c1-2-15-12-8-7-11(17(18)19)13(16-12)9-3-5-10(14)6-4-9/h3-8H,2H2,1H3,(H,15,16). The molecule has 6 heteroatoms. The second-order valence-electron chi connectivity index (χ2n) is 3.86. The second kappa shape index (κ2) is 5.43. The van der Waals surface area contributed by atoms with Crippen LogP contribution in [0, 0.1) is 15.9 Å². The highest BCUT2D eigenvalue weighted by Crippen LogP contribution is 2.29. The van der Waals surface area contributed by atoms with Crippen LogP contribution in [-0.2, 0) is 0 Å². The zero-order valence-electron chi connectivity index (χ0n) is 10.3. The quantitative estimate of drug-likeness (QED) is 0.677. The first-order valence-corrected chi connectivity index (χ1v) is 5.77. The number of nitro groups is 1. The molecule has 0 aliphatic carbocycles. The molecule has 0 fully saturated rings. The molecule has 2 aromatic rings. The smallest absolute Gasteiger partial charge is 0.295 e. The number of rotatable bonds is 4. The van der Waals surface area contributed by atoms with Gasteiger partial charge in [-0.2, -0.15) is 0 Å². The van der Waals surface area contributed by atoms with Crippen molar-refractivity contribution in [1.29, 1.82) is 0 Å². The Morgan fingerprint density at radius 2 is 1.95 bits per heavy atom. The van der Waals surface area contributed by atoms with Crippen LogP contribution in [0.4, 0.5) is 15.9 Å². The summed E-state index contributed by atoms with van der Waals surface area (Å²) in [7, 11) is 0. The van der Waals surface area contributed by atoms with E-state index in [4.69, 9.17) is 0 Å². The number of anilines is 1. The minimum atomic E-state index is -0.499. The van der Waals surface area contributed by atoms with Crippen LogP contribution in [0.1, 0.15) is 6.92 Å².